The van der Waals surface area contributed by atoms with Gasteiger partial charge in [-0.2, -0.15) is 0 Å². The van der Waals surface area contributed by atoms with Crippen LogP contribution in [0.25, 0.3) is 21.8 Å². The molecule has 4 heteroatoms. The topological polar surface area (TPSA) is 37.0 Å². The average Bonchev–Trinajstić information content (AvgIpc) is 2.82. The van der Waals surface area contributed by atoms with Gasteiger partial charge in [0.15, 0.2) is 0 Å². The SMILES string of the molecule is Cc1cc2cc3cc(C)c(NCc4ccccc4)cc3nc2cc1NCc1ccccc1.Cl. The van der Waals surface area contributed by atoms with Crippen LogP contribution in [-0.4, -0.2) is 4.98 Å². The predicted octanol–water partition coefficient (Wildman–Crippen LogP) is 7.65. The molecule has 1 heterocycles. The van der Waals surface area contributed by atoms with E-state index in [2.05, 4.69) is 103 Å². The van der Waals surface area contributed by atoms with Gasteiger partial charge in [0.05, 0.1) is 11.0 Å². The van der Waals surface area contributed by atoms with Gasteiger partial charge >= 0.3 is 0 Å². The monoisotopic (exact) mass is 453 g/mol. The highest BCUT2D eigenvalue weighted by atomic mass is 35.5. The molecule has 5 aromatic rings. The first-order valence-corrected chi connectivity index (χ1v) is 11.1. The molecular weight excluding hydrogens is 426 g/mol. The van der Waals surface area contributed by atoms with E-state index in [1.54, 1.807) is 0 Å². The number of anilines is 2. The van der Waals surface area contributed by atoms with E-state index >= 15 is 0 Å². The molecule has 0 bridgehead atoms. The lowest BCUT2D eigenvalue weighted by Gasteiger charge is -2.14. The van der Waals surface area contributed by atoms with Gasteiger partial charge in [0.25, 0.3) is 0 Å². The fourth-order valence-corrected chi connectivity index (χ4v) is 4.13. The van der Waals surface area contributed by atoms with Crippen molar-refractivity contribution in [2.45, 2.75) is 26.9 Å². The van der Waals surface area contributed by atoms with Crippen molar-refractivity contribution in [1.82, 2.24) is 4.98 Å². The van der Waals surface area contributed by atoms with Gasteiger partial charge in [-0.3, -0.25) is 0 Å². The lowest BCUT2D eigenvalue weighted by atomic mass is 10.0. The van der Waals surface area contributed by atoms with Crippen LogP contribution in [0.5, 0.6) is 0 Å². The maximum Gasteiger partial charge on any atom is 0.0730 e. The van der Waals surface area contributed by atoms with E-state index in [4.69, 9.17) is 4.98 Å². The van der Waals surface area contributed by atoms with Crippen molar-refractivity contribution in [3.63, 3.8) is 0 Å². The molecule has 166 valence electrons. The molecule has 0 fully saturated rings. The zero-order valence-corrected chi connectivity index (χ0v) is 19.7. The summed E-state index contributed by atoms with van der Waals surface area (Å²) in [6.45, 7) is 5.90. The maximum atomic E-state index is 5.01. The van der Waals surface area contributed by atoms with Crippen LogP contribution in [0.3, 0.4) is 0 Å². The van der Waals surface area contributed by atoms with E-state index in [0.29, 0.717) is 0 Å². The molecule has 0 saturated carbocycles. The number of aromatic nitrogens is 1. The van der Waals surface area contributed by atoms with Crippen LogP contribution in [0.4, 0.5) is 11.4 Å². The summed E-state index contributed by atoms with van der Waals surface area (Å²) >= 11 is 0. The second kappa shape index (κ2) is 9.93. The summed E-state index contributed by atoms with van der Waals surface area (Å²) in [6, 6.07) is 32.0. The van der Waals surface area contributed by atoms with Crippen LogP contribution >= 0.6 is 12.4 Å². The third-order valence-corrected chi connectivity index (χ3v) is 5.95. The summed E-state index contributed by atoms with van der Waals surface area (Å²) in [6.07, 6.45) is 0. The Kier molecular flexibility index (Phi) is 6.81. The standard InChI is InChI=1S/C29H27N3.ClH/c1-20-13-24-15-25-14-21(2)27(31-19-23-11-7-4-8-12-23)17-29(25)32-28(24)16-26(20)30-18-22-9-5-3-6-10-22;/h3-17,30-31H,18-19H2,1-2H3;1H. The quantitative estimate of drug-likeness (QED) is 0.259. The molecule has 5 rings (SSSR count). The Bertz CT molecular complexity index is 1280. The highest BCUT2D eigenvalue weighted by Gasteiger charge is 2.08. The molecule has 0 radical (unpaired) electrons. The third kappa shape index (κ3) is 5.10. The van der Waals surface area contributed by atoms with E-state index < -0.39 is 0 Å². The summed E-state index contributed by atoms with van der Waals surface area (Å²) in [7, 11) is 0. The van der Waals surface area contributed by atoms with Crippen molar-refractivity contribution in [3.8, 4) is 0 Å². The van der Waals surface area contributed by atoms with Gasteiger partial charge in [0.2, 0.25) is 0 Å². The number of fused-ring (bicyclic) bond motifs is 2. The number of benzene rings is 4. The smallest absolute Gasteiger partial charge is 0.0730 e. The van der Waals surface area contributed by atoms with Gasteiger partial charge in [-0.1, -0.05) is 60.7 Å². The summed E-state index contributed by atoms with van der Waals surface area (Å²) in [5.74, 6) is 0. The zero-order chi connectivity index (χ0) is 21.9. The Labute approximate surface area is 201 Å². The summed E-state index contributed by atoms with van der Waals surface area (Å²) < 4.78 is 0. The van der Waals surface area contributed by atoms with Gasteiger partial charge in [-0.25, -0.2) is 4.98 Å². The van der Waals surface area contributed by atoms with Gasteiger partial charge < -0.3 is 10.6 Å². The van der Waals surface area contributed by atoms with E-state index in [1.807, 2.05) is 12.1 Å². The molecule has 0 aliphatic rings. The van der Waals surface area contributed by atoms with Crippen LogP contribution < -0.4 is 10.6 Å². The number of hydrogen-bond acceptors (Lipinski definition) is 3. The summed E-state index contributed by atoms with van der Waals surface area (Å²) in [5, 5.41) is 9.49. The number of nitrogens with zero attached hydrogens (tertiary/aromatic N) is 1. The minimum atomic E-state index is 0. The van der Waals surface area contributed by atoms with Gasteiger partial charge in [-0.15, -0.1) is 12.4 Å². The summed E-state index contributed by atoms with van der Waals surface area (Å²) in [5.41, 5.74) is 9.27. The first-order chi connectivity index (χ1) is 15.7. The first-order valence-electron chi connectivity index (χ1n) is 11.1. The molecule has 0 spiro atoms. The first kappa shape index (κ1) is 22.6. The van der Waals surface area contributed by atoms with E-state index in [-0.39, 0.29) is 12.4 Å². The van der Waals surface area contributed by atoms with Gasteiger partial charge in [0, 0.05) is 35.2 Å². The van der Waals surface area contributed by atoms with Crippen molar-refractivity contribution in [1.29, 1.82) is 0 Å². The molecule has 0 aliphatic heterocycles. The minimum absolute atomic E-state index is 0. The normalized spacial score (nSPS) is 10.7. The van der Waals surface area contributed by atoms with Crippen molar-refractivity contribution in [2.24, 2.45) is 0 Å². The molecule has 0 unspecified atom stereocenters. The third-order valence-electron chi connectivity index (χ3n) is 5.95. The van der Waals surface area contributed by atoms with Crippen molar-refractivity contribution in [2.75, 3.05) is 10.6 Å². The minimum Gasteiger partial charge on any atom is -0.381 e. The van der Waals surface area contributed by atoms with Crippen LogP contribution in [0.2, 0.25) is 0 Å². The Morgan fingerprint density at radius 3 is 1.42 bits per heavy atom. The predicted molar refractivity (Wildman–Crippen MR) is 144 cm³/mol. The Balaban J connectivity index is 0.00000259. The number of hydrogen-bond donors (Lipinski definition) is 2. The molecular formula is C29H28ClN3. The van der Waals surface area contributed by atoms with Crippen molar-refractivity contribution < 1.29 is 0 Å². The van der Waals surface area contributed by atoms with Crippen LogP contribution in [-0.2, 0) is 13.1 Å². The molecule has 33 heavy (non-hydrogen) atoms. The molecule has 4 aromatic carbocycles. The molecule has 0 aliphatic carbocycles. The number of rotatable bonds is 6. The van der Waals surface area contributed by atoms with Gasteiger partial charge in [0.1, 0.15) is 0 Å². The van der Waals surface area contributed by atoms with Crippen LogP contribution in [0.1, 0.15) is 22.3 Å². The lowest BCUT2D eigenvalue weighted by molar-refractivity contribution is 1.14. The number of pyridine rings is 1. The fourth-order valence-electron chi connectivity index (χ4n) is 4.13. The van der Waals surface area contributed by atoms with Crippen LogP contribution in [0, 0.1) is 13.8 Å². The number of halogens is 1. The largest absolute Gasteiger partial charge is 0.381 e. The average molecular weight is 454 g/mol. The maximum absolute atomic E-state index is 5.01. The molecule has 0 amide bonds. The fraction of sp³-hybridized carbons (Fsp3) is 0.138. The molecule has 3 nitrogen and oxygen atoms in total. The Morgan fingerprint density at radius 1 is 0.576 bits per heavy atom. The highest BCUT2D eigenvalue weighted by molar-refractivity contribution is 5.96. The van der Waals surface area contributed by atoms with Crippen molar-refractivity contribution >= 4 is 45.6 Å². The molecule has 0 saturated heterocycles. The summed E-state index contributed by atoms with van der Waals surface area (Å²) in [4.78, 5) is 5.01. The molecule has 0 atom stereocenters. The van der Waals surface area contributed by atoms with Gasteiger partial charge in [-0.05, 0) is 66.4 Å². The highest BCUT2D eigenvalue weighted by Crippen LogP contribution is 2.29. The lowest BCUT2D eigenvalue weighted by Crippen LogP contribution is -2.02. The van der Waals surface area contributed by atoms with E-state index in [9.17, 15) is 0 Å². The Hall–Kier alpha value is -3.56. The second-order valence-electron chi connectivity index (χ2n) is 8.39. The molecule has 2 N–H and O–H groups in total. The second-order valence-corrected chi connectivity index (χ2v) is 8.39. The van der Waals surface area contributed by atoms with Crippen molar-refractivity contribution in [3.05, 3.63) is 113 Å². The number of aryl methyl sites for hydroxylation is 2. The Morgan fingerprint density at radius 2 is 1.00 bits per heavy atom. The van der Waals surface area contributed by atoms with E-state index in [0.717, 1.165) is 35.5 Å². The number of nitrogens with one attached hydrogen (secondary N) is 2. The zero-order valence-electron chi connectivity index (χ0n) is 18.9. The van der Waals surface area contributed by atoms with Crippen LogP contribution in [0.15, 0.2) is 91.0 Å². The van der Waals surface area contributed by atoms with E-state index in [1.165, 1.54) is 33.0 Å². The molecule has 1 aromatic heterocycles.